The van der Waals surface area contributed by atoms with E-state index in [0.29, 0.717) is 11.6 Å². The predicted octanol–water partition coefficient (Wildman–Crippen LogP) is 3.06. The van der Waals surface area contributed by atoms with Gasteiger partial charge >= 0.3 is 5.97 Å². The number of carbonyl (C=O) groups excluding carboxylic acids is 1. The number of halogens is 1. The highest BCUT2D eigenvalue weighted by molar-refractivity contribution is 6.30. The SMILES string of the molecule is CCN(C(=O)C=Cc1ccc(Cl)cc1)C(C)(C)C(=O)O. The van der Waals surface area contributed by atoms with Crippen molar-refractivity contribution in [3.63, 3.8) is 0 Å². The van der Waals surface area contributed by atoms with Crippen LogP contribution in [0.15, 0.2) is 30.3 Å². The molecule has 0 spiro atoms. The quantitative estimate of drug-likeness (QED) is 0.849. The highest BCUT2D eigenvalue weighted by atomic mass is 35.5. The van der Waals surface area contributed by atoms with Crippen molar-refractivity contribution in [3.05, 3.63) is 40.9 Å². The van der Waals surface area contributed by atoms with E-state index in [-0.39, 0.29) is 5.91 Å². The van der Waals surface area contributed by atoms with Gasteiger partial charge < -0.3 is 10.0 Å². The maximum atomic E-state index is 12.1. The standard InChI is InChI=1S/C15H18ClNO3/c1-4-17(15(2,3)14(19)20)13(18)10-7-11-5-8-12(16)9-6-11/h5-10H,4H2,1-3H3,(H,19,20). The minimum absolute atomic E-state index is 0.323. The van der Waals surface area contributed by atoms with Crippen LogP contribution >= 0.6 is 11.6 Å². The fraction of sp³-hybridized carbons (Fsp3) is 0.333. The summed E-state index contributed by atoms with van der Waals surface area (Å²) in [6, 6.07) is 7.02. The lowest BCUT2D eigenvalue weighted by Gasteiger charge is -2.33. The largest absolute Gasteiger partial charge is 0.480 e. The van der Waals surface area contributed by atoms with Gasteiger partial charge in [0.2, 0.25) is 5.91 Å². The lowest BCUT2D eigenvalue weighted by Crippen LogP contribution is -2.52. The molecule has 0 aromatic heterocycles. The lowest BCUT2D eigenvalue weighted by atomic mass is 10.0. The molecule has 0 radical (unpaired) electrons. The average Bonchev–Trinajstić information content (AvgIpc) is 2.38. The third-order valence-electron chi connectivity index (χ3n) is 3.07. The highest BCUT2D eigenvalue weighted by Gasteiger charge is 2.35. The van der Waals surface area contributed by atoms with Crippen molar-refractivity contribution in [1.29, 1.82) is 0 Å². The molecule has 0 aliphatic heterocycles. The summed E-state index contributed by atoms with van der Waals surface area (Å²) in [5.41, 5.74) is -0.414. The van der Waals surface area contributed by atoms with Crippen LogP contribution in [0, 0.1) is 0 Å². The fourth-order valence-electron chi connectivity index (χ4n) is 1.77. The Hall–Kier alpha value is -1.81. The first kappa shape index (κ1) is 16.2. The molecule has 0 aliphatic rings. The fourth-order valence-corrected chi connectivity index (χ4v) is 1.90. The second-order valence-electron chi connectivity index (χ2n) is 4.83. The Kier molecular flexibility index (Phi) is 5.34. The topological polar surface area (TPSA) is 57.6 Å². The number of hydrogen-bond donors (Lipinski definition) is 1. The molecule has 1 aromatic rings. The highest BCUT2D eigenvalue weighted by Crippen LogP contribution is 2.16. The van der Waals surface area contributed by atoms with Gasteiger partial charge in [-0.2, -0.15) is 0 Å². The molecule has 0 aliphatic carbocycles. The van der Waals surface area contributed by atoms with E-state index in [0.717, 1.165) is 5.56 Å². The number of benzene rings is 1. The van der Waals surface area contributed by atoms with Crippen molar-refractivity contribution in [3.8, 4) is 0 Å². The molecule has 1 aromatic carbocycles. The summed E-state index contributed by atoms with van der Waals surface area (Å²) in [6.07, 6.45) is 3.01. The minimum Gasteiger partial charge on any atom is -0.480 e. The van der Waals surface area contributed by atoms with Crippen molar-refractivity contribution in [2.75, 3.05) is 6.54 Å². The molecule has 0 saturated heterocycles. The van der Waals surface area contributed by atoms with Crippen molar-refractivity contribution in [2.45, 2.75) is 26.3 Å². The first-order valence-corrected chi connectivity index (χ1v) is 6.65. The zero-order chi connectivity index (χ0) is 15.3. The van der Waals surface area contributed by atoms with Crippen molar-refractivity contribution >= 4 is 29.6 Å². The van der Waals surface area contributed by atoms with Crippen LogP contribution in [0.2, 0.25) is 5.02 Å². The van der Waals surface area contributed by atoms with Gasteiger partial charge in [-0.1, -0.05) is 23.7 Å². The molecule has 4 nitrogen and oxygen atoms in total. The third kappa shape index (κ3) is 3.84. The molecule has 5 heteroatoms. The van der Waals surface area contributed by atoms with Crippen LogP contribution in [0.25, 0.3) is 6.08 Å². The summed E-state index contributed by atoms with van der Waals surface area (Å²) in [4.78, 5) is 24.6. The molecule has 0 atom stereocenters. The Morgan fingerprint density at radius 1 is 1.30 bits per heavy atom. The molecular weight excluding hydrogens is 278 g/mol. The number of hydrogen-bond acceptors (Lipinski definition) is 2. The second-order valence-corrected chi connectivity index (χ2v) is 5.27. The summed E-state index contributed by atoms with van der Waals surface area (Å²) in [7, 11) is 0. The molecule has 0 unspecified atom stereocenters. The first-order valence-electron chi connectivity index (χ1n) is 6.27. The van der Waals surface area contributed by atoms with E-state index in [2.05, 4.69) is 0 Å². The first-order chi connectivity index (χ1) is 9.28. The number of rotatable bonds is 5. The van der Waals surface area contributed by atoms with Crippen LogP contribution in [0.4, 0.5) is 0 Å². The zero-order valence-electron chi connectivity index (χ0n) is 11.8. The van der Waals surface area contributed by atoms with E-state index in [1.54, 1.807) is 37.3 Å². The molecule has 1 amide bonds. The smallest absolute Gasteiger partial charge is 0.329 e. The van der Waals surface area contributed by atoms with Crippen LogP contribution in [0.5, 0.6) is 0 Å². The van der Waals surface area contributed by atoms with E-state index in [1.807, 2.05) is 0 Å². The van der Waals surface area contributed by atoms with Crippen molar-refractivity contribution in [2.24, 2.45) is 0 Å². The zero-order valence-corrected chi connectivity index (χ0v) is 12.5. The van der Waals surface area contributed by atoms with E-state index in [4.69, 9.17) is 11.6 Å². The Balaban J connectivity index is 2.88. The Morgan fingerprint density at radius 3 is 2.30 bits per heavy atom. The Bertz CT molecular complexity index is 520. The summed E-state index contributed by atoms with van der Waals surface area (Å²) in [5, 5.41) is 9.80. The Morgan fingerprint density at radius 2 is 1.85 bits per heavy atom. The molecule has 20 heavy (non-hydrogen) atoms. The van der Waals surface area contributed by atoms with E-state index >= 15 is 0 Å². The molecule has 108 valence electrons. The number of carbonyl (C=O) groups is 2. The van der Waals surface area contributed by atoms with Gasteiger partial charge in [0.15, 0.2) is 0 Å². The number of carboxylic acids is 1. The van der Waals surface area contributed by atoms with Crippen LogP contribution in [0.3, 0.4) is 0 Å². The Labute approximate surface area is 123 Å². The molecule has 1 rings (SSSR count). The number of nitrogens with zero attached hydrogens (tertiary/aromatic N) is 1. The summed E-state index contributed by atoms with van der Waals surface area (Å²) >= 11 is 5.78. The lowest BCUT2D eigenvalue weighted by molar-refractivity contribution is -0.154. The van der Waals surface area contributed by atoms with Crippen LogP contribution in [0.1, 0.15) is 26.3 Å². The molecule has 0 fully saturated rings. The summed E-state index contributed by atoms with van der Waals surface area (Å²) in [6.45, 7) is 5.08. The maximum absolute atomic E-state index is 12.1. The third-order valence-corrected chi connectivity index (χ3v) is 3.32. The summed E-state index contributed by atoms with van der Waals surface area (Å²) in [5.74, 6) is -1.37. The summed E-state index contributed by atoms with van der Waals surface area (Å²) < 4.78 is 0. The number of likely N-dealkylation sites (N-methyl/N-ethyl adjacent to an activating group) is 1. The van der Waals surface area contributed by atoms with Crippen molar-refractivity contribution < 1.29 is 14.7 Å². The second kappa shape index (κ2) is 6.57. The molecule has 0 saturated carbocycles. The molecule has 0 bridgehead atoms. The van der Waals surface area contributed by atoms with Gasteiger partial charge in [-0.15, -0.1) is 0 Å². The van der Waals surface area contributed by atoms with Crippen LogP contribution in [-0.4, -0.2) is 34.0 Å². The van der Waals surface area contributed by atoms with Gasteiger partial charge in [0.1, 0.15) is 5.54 Å². The van der Waals surface area contributed by atoms with Gasteiger partial charge in [-0.3, -0.25) is 4.79 Å². The number of aliphatic carboxylic acids is 1. The van der Waals surface area contributed by atoms with Crippen molar-refractivity contribution in [1.82, 2.24) is 4.90 Å². The molecule has 0 heterocycles. The van der Waals surface area contributed by atoms with Gasteiger partial charge in [-0.25, -0.2) is 4.79 Å². The predicted molar refractivity (Wildman–Crippen MR) is 79.6 cm³/mol. The molecular formula is C15H18ClNO3. The van der Waals surface area contributed by atoms with Gasteiger partial charge in [0.25, 0.3) is 0 Å². The number of carboxylic acid groups (broad SMARTS) is 1. The normalized spacial score (nSPS) is 11.6. The van der Waals surface area contributed by atoms with E-state index in [1.165, 1.54) is 24.8 Å². The monoisotopic (exact) mass is 295 g/mol. The minimum atomic E-state index is -1.24. The van der Waals surface area contributed by atoms with Gasteiger partial charge in [-0.05, 0) is 44.5 Å². The van der Waals surface area contributed by atoms with Gasteiger partial charge in [0.05, 0.1) is 0 Å². The maximum Gasteiger partial charge on any atom is 0.329 e. The molecule has 1 N–H and O–H groups in total. The average molecular weight is 296 g/mol. The van der Waals surface area contributed by atoms with Gasteiger partial charge in [0, 0.05) is 17.6 Å². The van der Waals surface area contributed by atoms with Crippen LogP contribution in [-0.2, 0) is 9.59 Å². The number of amides is 1. The van der Waals surface area contributed by atoms with E-state index < -0.39 is 11.5 Å². The van der Waals surface area contributed by atoms with Crippen LogP contribution < -0.4 is 0 Å². The van der Waals surface area contributed by atoms with E-state index in [9.17, 15) is 14.7 Å².